The Morgan fingerprint density at radius 2 is 1.86 bits per heavy atom. The lowest BCUT2D eigenvalue weighted by atomic mass is 10.2. The molecule has 0 saturated carbocycles. The maximum Gasteiger partial charge on any atom is 0.339 e. The molecule has 0 amide bonds. The van der Waals surface area contributed by atoms with Crippen LogP contribution < -0.4 is 11.4 Å². The summed E-state index contributed by atoms with van der Waals surface area (Å²) in [6.45, 7) is 0. The molecule has 0 fully saturated rings. The van der Waals surface area contributed by atoms with E-state index in [0.717, 1.165) is 21.6 Å². The first-order valence-electron chi connectivity index (χ1n) is 5.95. The molecule has 1 aromatic carbocycles. The predicted molar refractivity (Wildman–Crippen MR) is 79.6 cm³/mol. The Morgan fingerprint density at radius 1 is 1.27 bits per heavy atom. The van der Waals surface area contributed by atoms with Crippen LogP contribution in [0, 0.1) is 10.6 Å². The van der Waals surface area contributed by atoms with Gasteiger partial charge in [0.25, 0.3) is 0 Å². The van der Waals surface area contributed by atoms with Crippen LogP contribution in [0.3, 0.4) is 0 Å². The number of fused-ring (bicyclic) bond motifs is 1. The molecule has 2 heterocycles. The van der Waals surface area contributed by atoms with Gasteiger partial charge in [-0.2, -0.15) is 0 Å². The fourth-order valence-electron chi connectivity index (χ4n) is 2.11. The lowest BCUT2D eigenvalue weighted by Gasteiger charge is -2.11. The highest BCUT2D eigenvalue weighted by Crippen LogP contribution is 2.29. The second-order valence-electron chi connectivity index (χ2n) is 4.52. The summed E-state index contributed by atoms with van der Waals surface area (Å²) < 4.78 is 22.2. The summed E-state index contributed by atoms with van der Waals surface area (Å²) in [7, 11) is 2.76. The van der Waals surface area contributed by atoms with Crippen molar-refractivity contribution in [3.05, 3.63) is 49.0 Å². The minimum absolute atomic E-state index is 0.00874. The number of rotatable bonds is 1. The third-order valence-corrected chi connectivity index (χ3v) is 4.08. The van der Waals surface area contributed by atoms with Crippen molar-refractivity contribution in [2.24, 2.45) is 14.1 Å². The molecule has 0 N–H and O–H groups in total. The molecule has 3 rings (SSSR count). The second-order valence-corrected chi connectivity index (χ2v) is 5.29. The maximum absolute atomic E-state index is 14.4. The molecule has 10 heteroatoms. The highest BCUT2D eigenvalue weighted by atomic mass is 35.5. The summed E-state index contributed by atoms with van der Waals surface area (Å²) in [6, 6.07) is 0.967. The van der Waals surface area contributed by atoms with E-state index in [2.05, 4.69) is 4.98 Å². The van der Waals surface area contributed by atoms with Gasteiger partial charge in [-0.1, -0.05) is 11.6 Å². The second kappa shape index (κ2) is 4.89. The van der Waals surface area contributed by atoms with Crippen LogP contribution in [0.15, 0.2) is 26.5 Å². The summed E-state index contributed by atoms with van der Waals surface area (Å²) in [5, 5.41) is 0.0131. The summed E-state index contributed by atoms with van der Waals surface area (Å²) in [5.74, 6) is -0.884. The number of aromatic nitrogens is 4. The quantitative estimate of drug-likeness (QED) is 0.627. The number of hydrogen-bond acceptors (Lipinski definition) is 5. The van der Waals surface area contributed by atoms with Crippen molar-refractivity contribution in [3.8, 4) is 5.69 Å². The molecule has 7 nitrogen and oxygen atoms in total. The molecule has 0 radical (unpaired) electrons. The molecule has 0 spiro atoms. The van der Waals surface area contributed by atoms with Crippen molar-refractivity contribution in [1.82, 2.24) is 18.7 Å². The Bertz CT molecular complexity index is 1050. The van der Waals surface area contributed by atoms with Gasteiger partial charge in [-0.3, -0.25) is 9.13 Å². The van der Waals surface area contributed by atoms with Crippen LogP contribution in [-0.2, 0) is 14.1 Å². The van der Waals surface area contributed by atoms with Gasteiger partial charge in [0.2, 0.25) is 0 Å². The molecule has 0 aliphatic carbocycles. The van der Waals surface area contributed by atoms with Crippen LogP contribution >= 0.6 is 23.8 Å². The van der Waals surface area contributed by atoms with Crippen LogP contribution in [0.1, 0.15) is 0 Å². The van der Waals surface area contributed by atoms with Gasteiger partial charge in [-0.15, -0.1) is 0 Å². The summed E-state index contributed by atoms with van der Waals surface area (Å²) in [4.78, 5) is 28.6. The number of oxazole rings is 1. The number of hydrogen-bond donors (Lipinski definition) is 0. The Balaban J connectivity index is 2.60. The van der Waals surface area contributed by atoms with E-state index in [4.69, 9.17) is 28.2 Å². The zero-order chi connectivity index (χ0) is 16.2. The third-order valence-electron chi connectivity index (χ3n) is 3.24. The normalized spacial score (nSPS) is 11.3. The standard InChI is InChI=1S/C12H8ClFN4O3S/c1-16-10(19)18(11(20)17(2)12(16)22)8-6(14)3-5(13)7-9(8)21-4-15-7/h3-4H,1-2H3. The first-order valence-corrected chi connectivity index (χ1v) is 6.74. The van der Waals surface area contributed by atoms with E-state index >= 15 is 0 Å². The molecule has 0 atom stereocenters. The van der Waals surface area contributed by atoms with Gasteiger partial charge in [-0.25, -0.2) is 23.5 Å². The van der Waals surface area contributed by atoms with Crippen LogP contribution in [0.5, 0.6) is 0 Å². The molecule has 114 valence electrons. The first kappa shape index (κ1) is 14.7. The smallest absolute Gasteiger partial charge is 0.339 e. The van der Waals surface area contributed by atoms with Crippen molar-refractivity contribution in [2.75, 3.05) is 0 Å². The van der Waals surface area contributed by atoms with Crippen molar-refractivity contribution < 1.29 is 8.81 Å². The molecule has 0 bridgehead atoms. The van der Waals surface area contributed by atoms with E-state index in [0.29, 0.717) is 4.57 Å². The molecule has 0 aliphatic heterocycles. The Labute approximate surface area is 131 Å². The van der Waals surface area contributed by atoms with Gasteiger partial charge in [0.1, 0.15) is 11.2 Å². The summed E-state index contributed by atoms with van der Waals surface area (Å²) >= 11 is 10.8. The summed E-state index contributed by atoms with van der Waals surface area (Å²) in [6.07, 6.45) is 1.05. The van der Waals surface area contributed by atoms with Gasteiger partial charge < -0.3 is 4.42 Å². The van der Waals surface area contributed by atoms with Gasteiger partial charge in [-0.05, 0) is 18.3 Å². The number of halogens is 2. The van der Waals surface area contributed by atoms with E-state index < -0.39 is 17.2 Å². The van der Waals surface area contributed by atoms with Crippen LogP contribution in [0.2, 0.25) is 5.02 Å². The van der Waals surface area contributed by atoms with Gasteiger partial charge >= 0.3 is 11.4 Å². The average Bonchev–Trinajstić information content (AvgIpc) is 2.96. The van der Waals surface area contributed by atoms with Gasteiger partial charge in [0.05, 0.1) is 5.02 Å². The van der Waals surface area contributed by atoms with E-state index in [1.807, 2.05) is 0 Å². The Morgan fingerprint density at radius 3 is 2.45 bits per heavy atom. The largest absolute Gasteiger partial charge is 0.441 e. The zero-order valence-corrected chi connectivity index (χ0v) is 12.9. The van der Waals surface area contributed by atoms with Crippen LogP contribution in [0.4, 0.5) is 4.39 Å². The molecule has 2 aromatic heterocycles. The minimum Gasteiger partial charge on any atom is -0.441 e. The highest BCUT2D eigenvalue weighted by Gasteiger charge is 2.21. The fraction of sp³-hybridized carbons (Fsp3) is 0.167. The lowest BCUT2D eigenvalue weighted by Crippen LogP contribution is -2.43. The average molecular weight is 343 g/mol. The molecular formula is C12H8ClFN4O3S. The topological polar surface area (TPSA) is 75.0 Å². The molecule has 0 unspecified atom stereocenters. The van der Waals surface area contributed by atoms with E-state index in [1.165, 1.54) is 14.1 Å². The highest BCUT2D eigenvalue weighted by molar-refractivity contribution is 7.71. The fourth-order valence-corrected chi connectivity index (χ4v) is 2.50. The molecular weight excluding hydrogens is 335 g/mol. The van der Waals surface area contributed by atoms with E-state index in [9.17, 15) is 14.0 Å². The van der Waals surface area contributed by atoms with Gasteiger partial charge in [0.15, 0.2) is 22.6 Å². The number of nitrogens with zero attached hydrogens (tertiary/aromatic N) is 4. The van der Waals surface area contributed by atoms with Crippen molar-refractivity contribution >= 4 is 34.9 Å². The maximum atomic E-state index is 14.4. The van der Waals surface area contributed by atoms with E-state index in [1.54, 1.807) is 0 Å². The predicted octanol–water partition coefficient (Wildman–Crippen LogP) is 1.54. The van der Waals surface area contributed by atoms with Crippen molar-refractivity contribution in [3.63, 3.8) is 0 Å². The Kier molecular flexibility index (Phi) is 3.26. The molecule has 22 heavy (non-hydrogen) atoms. The van der Waals surface area contributed by atoms with Crippen molar-refractivity contribution in [1.29, 1.82) is 0 Å². The Hall–Kier alpha value is -2.26. The summed E-state index contributed by atoms with van der Waals surface area (Å²) in [5.41, 5.74) is -1.90. The number of benzene rings is 1. The first-order chi connectivity index (χ1) is 10.3. The van der Waals surface area contributed by atoms with Crippen LogP contribution in [0.25, 0.3) is 16.8 Å². The molecule has 0 aliphatic rings. The monoisotopic (exact) mass is 342 g/mol. The van der Waals surface area contributed by atoms with Crippen molar-refractivity contribution in [2.45, 2.75) is 0 Å². The molecule has 0 saturated heterocycles. The third kappa shape index (κ3) is 1.86. The van der Waals surface area contributed by atoms with Gasteiger partial charge in [0, 0.05) is 14.1 Å². The van der Waals surface area contributed by atoms with E-state index in [-0.39, 0.29) is 26.6 Å². The zero-order valence-electron chi connectivity index (χ0n) is 11.3. The van der Waals surface area contributed by atoms with Crippen LogP contribution in [-0.4, -0.2) is 18.7 Å². The lowest BCUT2D eigenvalue weighted by molar-refractivity contribution is 0.555. The molecule has 3 aromatic rings. The minimum atomic E-state index is -0.884. The SMILES string of the molecule is Cn1c(=S)n(C)c(=O)n(-c2c(F)cc(Cl)c3ncoc23)c1=O.